The van der Waals surface area contributed by atoms with Crippen molar-refractivity contribution in [2.24, 2.45) is 0 Å². The summed E-state index contributed by atoms with van der Waals surface area (Å²) in [5.41, 5.74) is -0.626. The maximum Gasteiger partial charge on any atom is 0.289 e. The highest BCUT2D eigenvalue weighted by Gasteiger charge is 2.36. The molecule has 1 aromatic heterocycles. The highest BCUT2D eigenvalue weighted by molar-refractivity contribution is 7.89. The number of thiophene rings is 1. The standard InChI is InChI=1S/C18H21N3O5S2/c22-17(19-13-18(9-3-4-10-18)16-8-5-11-27-16)12-20-28(25,26)15-7-2-1-6-14(15)21(23)24/h1-2,5-8,11,20H,3-4,9-10,12-13H2,(H,19,22). The fraction of sp³-hybridized carbons (Fsp3) is 0.389. The number of hydrogen-bond acceptors (Lipinski definition) is 6. The second kappa shape index (κ2) is 8.38. The molecule has 1 saturated carbocycles. The van der Waals surface area contributed by atoms with Crippen molar-refractivity contribution in [3.05, 3.63) is 56.8 Å². The summed E-state index contributed by atoms with van der Waals surface area (Å²) in [6, 6.07) is 9.09. The molecule has 1 aromatic carbocycles. The topological polar surface area (TPSA) is 118 Å². The first-order valence-electron chi connectivity index (χ1n) is 8.88. The van der Waals surface area contributed by atoms with E-state index in [0.717, 1.165) is 37.8 Å². The van der Waals surface area contributed by atoms with Crippen molar-refractivity contribution in [3.8, 4) is 0 Å². The summed E-state index contributed by atoms with van der Waals surface area (Å²) >= 11 is 1.66. The lowest BCUT2D eigenvalue weighted by Crippen LogP contribution is -2.43. The number of carbonyl (C=O) groups excluding carboxylic acids is 1. The van der Waals surface area contributed by atoms with Crippen LogP contribution < -0.4 is 10.0 Å². The molecule has 8 nitrogen and oxygen atoms in total. The zero-order valence-corrected chi connectivity index (χ0v) is 16.7. The summed E-state index contributed by atoms with van der Waals surface area (Å²) in [5.74, 6) is -0.468. The molecule has 150 valence electrons. The third kappa shape index (κ3) is 4.40. The first kappa shape index (κ1) is 20.4. The summed E-state index contributed by atoms with van der Waals surface area (Å²) in [5, 5.41) is 15.9. The molecule has 10 heteroatoms. The highest BCUT2D eigenvalue weighted by atomic mass is 32.2. The van der Waals surface area contributed by atoms with Crippen LogP contribution in [-0.4, -0.2) is 32.3 Å². The molecule has 1 aliphatic rings. The lowest BCUT2D eigenvalue weighted by atomic mass is 9.84. The number of rotatable bonds is 8. The van der Waals surface area contributed by atoms with Crippen LogP contribution >= 0.6 is 11.3 Å². The molecule has 3 rings (SSSR count). The van der Waals surface area contributed by atoms with Gasteiger partial charge in [-0.25, -0.2) is 13.1 Å². The monoisotopic (exact) mass is 423 g/mol. The molecule has 2 aromatic rings. The fourth-order valence-electron chi connectivity index (χ4n) is 3.55. The van der Waals surface area contributed by atoms with Crippen LogP contribution in [-0.2, 0) is 20.2 Å². The van der Waals surface area contributed by atoms with Gasteiger partial charge in [-0.05, 0) is 30.4 Å². The Morgan fingerprint density at radius 1 is 1.18 bits per heavy atom. The van der Waals surface area contributed by atoms with Crippen molar-refractivity contribution in [2.45, 2.75) is 36.0 Å². The second-order valence-corrected chi connectivity index (χ2v) is 9.47. The van der Waals surface area contributed by atoms with E-state index in [2.05, 4.69) is 16.1 Å². The van der Waals surface area contributed by atoms with Crippen LogP contribution in [0, 0.1) is 10.1 Å². The summed E-state index contributed by atoms with van der Waals surface area (Å²) in [6.07, 6.45) is 4.15. The van der Waals surface area contributed by atoms with Gasteiger partial charge in [-0.3, -0.25) is 14.9 Å². The Morgan fingerprint density at radius 3 is 2.54 bits per heavy atom. The molecular weight excluding hydrogens is 402 g/mol. The number of para-hydroxylation sites is 1. The Hall–Kier alpha value is -2.30. The molecule has 1 amide bonds. The van der Waals surface area contributed by atoms with Gasteiger partial charge in [-0.15, -0.1) is 11.3 Å². The molecule has 0 atom stereocenters. The molecule has 0 aliphatic heterocycles. The molecule has 0 spiro atoms. The third-order valence-electron chi connectivity index (χ3n) is 5.00. The van der Waals surface area contributed by atoms with Gasteiger partial charge in [0.25, 0.3) is 5.69 Å². The van der Waals surface area contributed by atoms with Crippen LogP contribution in [0.1, 0.15) is 30.6 Å². The number of amides is 1. The van der Waals surface area contributed by atoms with Gasteiger partial charge in [-0.1, -0.05) is 31.0 Å². The molecule has 0 radical (unpaired) electrons. The Kier molecular flexibility index (Phi) is 6.11. The maximum absolute atomic E-state index is 12.4. The quantitative estimate of drug-likeness (QED) is 0.500. The van der Waals surface area contributed by atoms with Crippen molar-refractivity contribution in [1.82, 2.24) is 10.0 Å². The van der Waals surface area contributed by atoms with Gasteiger partial charge in [0.2, 0.25) is 15.9 Å². The Balaban J connectivity index is 1.62. The Morgan fingerprint density at radius 2 is 1.89 bits per heavy atom. The smallest absolute Gasteiger partial charge is 0.289 e. The second-order valence-electron chi connectivity index (χ2n) is 6.79. The molecule has 28 heavy (non-hydrogen) atoms. The van der Waals surface area contributed by atoms with Gasteiger partial charge in [0.15, 0.2) is 4.90 Å². The van der Waals surface area contributed by atoms with E-state index in [-0.39, 0.29) is 5.41 Å². The van der Waals surface area contributed by atoms with Crippen molar-refractivity contribution in [2.75, 3.05) is 13.1 Å². The van der Waals surface area contributed by atoms with Crippen molar-refractivity contribution >= 4 is 33.0 Å². The summed E-state index contributed by atoms with van der Waals surface area (Å²) in [4.78, 5) is 23.3. The normalized spacial score (nSPS) is 16.0. The molecule has 0 saturated heterocycles. The van der Waals surface area contributed by atoms with E-state index in [1.54, 1.807) is 11.3 Å². The minimum atomic E-state index is -4.18. The number of nitro groups is 1. The summed E-state index contributed by atoms with van der Waals surface area (Å²) < 4.78 is 26.9. The van der Waals surface area contributed by atoms with Crippen molar-refractivity contribution in [1.29, 1.82) is 0 Å². The van der Waals surface area contributed by atoms with E-state index in [1.165, 1.54) is 17.0 Å². The van der Waals surface area contributed by atoms with Crippen LogP contribution in [0.4, 0.5) is 5.69 Å². The van der Waals surface area contributed by atoms with Gasteiger partial charge in [0, 0.05) is 22.9 Å². The van der Waals surface area contributed by atoms with Gasteiger partial charge < -0.3 is 5.32 Å². The summed E-state index contributed by atoms with van der Waals surface area (Å²) in [7, 11) is -4.18. The van der Waals surface area contributed by atoms with Gasteiger partial charge in [0.05, 0.1) is 11.5 Å². The van der Waals surface area contributed by atoms with Gasteiger partial charge >= 0.3 is 0 Å². The van der Waals surface area contributed by atoms with Crippen LogP contribution in [0.25, 0.3) is 0 Å². The van der Waals surface area contributed by atoms with Crippen LogP contribution in [0.15, 0.2) is 46.7 Å². The zero-order valence-electron chi connectivity index (χ0n) is 15.1. The number of nitrogens with zero attached hydrogens (tertiary/aromatic N) is 1. The largest absolute Gasteiger partial charge is 0.354 e. The van der Waals surface area contributed by atoms with E-state index >= 15 is 0 Å². The molecule has 0 unspecified atom stereocenters. The fourth-order valence-corrected chi connectivity index (χ4v) is 5.69. The number of benzene rings is 1. The molecule has 1 heterocycles. The van der Waals surface area contributed by atoms with Gasteiger partial charge in [0.1, 0.15) is 0 Å². The number of hydrogen-bond donors (Lipinski definition) is 2. The van der Waals surface area contributed by atoms with E-state index in [1.807, 2.05) is 11.4 Å². The molecule has 1 aliphatic carbocycles. The predicted octanol–water partition coefficient (Wildman–Crippen LogP) is 2.56. The highest BCUT2D eigenvalue weighted by Crippen LogP contribution is 2.42. The Labute approximate surface area is 167 Å². The Bertz CT molecular complexity index is 951. The lowest BCUT2D eigenvalue weighted by molar-refractivity contribution is -0.387. The van der Waals surface area contributed by atoms with E-state index in [0.29, 0.717) is 6.54 Å². The molecule has 1 fully saturated rings. The van der Waals surface area contributed by atoms with Crippen molar-refractivity contribution in [3.63, 3.8) is 0 Å². The van der Waals surface area contributed by atoms with Crippen LogP contribution in [0.3, 0.4) is 0 Å². The molecule has 2 N–H and O–H groups in total. The average molecular weight is 424 g/mol. The minimum Gasteiger partial charge on any atom is -0.354 e. The summed E-state index contributed by atoms with van der Waals surface area (Å²) in [6.45, 7) is -0.0333. The number of nitrogens with one attached hydrogen (secondary N) is 2. The van der Waals surface area contributed by atoms with E-state index in [4.69, 9.17) is 0 Å². The maximum atomic E-state index is 12.4. The predicted molar refractivity (Wildman–Crippen MR) is 106 cm³/mol. The number of nitro benzene ring substituents is 1. The lowest BCUT2D eigenvalue weighted by Gasteiger charge is -2.28. The average Bonchev–Trinajstić information content (AvgIpc) is 3.37. The number of carbonyl (C=O) groups is 1. The third-order valence-corrected chi connectivity index (χ3v) is 7.57. The SMILES string of the molecule is O=C(CNS(=O)(=O)c1ccccc1[N+](=O)[O-])NCC1(c2cccs2)CCCC1. The number of sulfonamides is 1. The van der Waals surface area contributed by atoms with E-state index < -0.39 is 38.0 Å². The zero-order chi connectivity index (χ0) is 20.2. The first-order chi connectivity index (χ1) is 13.3. The van der Waals surface area contributed by atoms with Crippen molar-refractivity contribution < 1.29 is 18.1 Å². The van der Waals surface area contributed by atoms with Crippen LogP contribution in [0.5, 0.6) is 0 Å². The van der Waals surface area contributed by atoms with E-state index in [9.17, 15) is 23.3 Å². The van der Waals surface area contributed by atoms with Gasteiger partial charge in [-0.2, -0.15) is 0 Å². The molecular formula is C18H21N3O5S2. The first-order valence-corrected chi connectivity index (χ1v) is 11.2. The van der Waals surface area contributed by atoms with Crippen LogP contribution in [0.2, 0.25) is 0 Å². The minimum absolute atomic E-state index is 0.0963. The molecule has 0 bridgehead atoms.